The Balaban J connectivity index is 1.36. The largest absolute Gasteiger partial charge is 0.497 e. The van der Waals surface area contributed by atoms with Crippen LogP contribution in [0.5, 0.6) is 5.75 Å². The van der Waals surface area contributed by atoms with Gasteiger partial charge < -0.3 is 14.6 Å². The standard InChI is InChI=1S/C23H25ClN2O2/c1-28-19-6-7-22-20(14-19)21(15-25-22)17-9-11-26(12-10-17)23(27)8-5-16-3-2-4-18(24)13-16/h2-4,6-7,13-15,17,25H,5,8-12H2,1H3. The van der Waals surface area contributed by atoms with E-state index < -0.39 is 0 Å². The molecule has 1 aliphatic rings. The highest BCUT2D eigenvalue weighted by molar-refractivity contribution is 6.30. The lowest BCUT2D eigenvalue weighted by Crippen LogP contribution is -2.38. The normalized spacial score (nSPS) is 15.1. The van der Waals surface area contributed by atoms with Crippen LogP contribution in [0.25, 0.3) is 10.9 Å². The molecule has 0 aliphatic carbocycles. The number of likely N-dealkylation sites (tertiary alicyclic amines) is 1. The zero-order valence-corrected chi connectivity index (χ0v) is 16.8. The third-order valence-corrected chi connectivity index (χ3v) is 5.96. The molecule has 3 aromatic rings. The summed E-state index contributed by atoms with van der Waals surface area (Å²) in [7, 11) is 1.70. The van der Waals surface area contributed by atoms with Crippen molar-refractivity contribution in [2.24, 2.45) is 0 Å². The monoisotopic (exact) mass is 396 g/mol. The summed E-state index contributed by atoms with van der Waals surface area (Å²) in [5, 5.41) is 1.95. The van der Waals surface area contributed by atoms with Crippen molar-refractivity contribution in [2.45, 2.75) is 31.6 Å². The highest BCUT2D eigenvalue weighted by Gasteiger charge is 2.25. The maximum absolute atomic E-state index is 12.6. The molecule has 1 aliphatic heterocycles. The van der Waals surface area contributed by atoms with E-state index in [2.05, 4.69) is 23.3 Å². The first-order chi connectivity index (χ1) is 13.6. The minimum absolute atomic E-state index is 0.235. The quantitative estimate of drug-likeness (QED) is 0.646. The Morgan fingerprint density at radius 3 is 2.79 bits per heavy atom. The average Bonchev–Trinajstić information content (AvgIpc) is 3.15. The molecule has 0 spiro atoms. The van der Waals surface area contributed by atoms with Gasteiger partial charge in [-0.25, -0.2) is 0 Å². The number of carbonyl (C=O) groups is 1. The van der Waals surface area contributed by atoms with Crippen molar-refractivity contribution >= 4 is 28.4 Å². The van der Waals surface area contributed by atoms with Crippen LogP contribution < -0.4 is 4.74 Å². The molecule has 2 heterocycles. The Morgan fingerprint density at radius 1 is 1.21 bits per heavy atom. The molecule has 146 valence electrons. The minimum Gasteiger partial charge on any atom is -0.497 e. The summed E-state index contributed by atoms with van der Waals surface area (Å²) in [5.41, 5.74) is 3.58. The number of aryl methyl sites for hydroxylation is 1. The van der Waals surface area contributed by atoms with E-state index >= 15 is 0 Å². The van der Waals surface area contributed by atoms with E-state index in [1.807, 2.05) is 35.2 Å². The van der Waals surface area contributed by atoms with Crippen molar-refractivity contribution in [3.63, 3.8) is 0 Å². The summed E-state index contributed by atoms with van der Waals surface area (Å²) >= 11 is 6.03. The topological polar surface area (TPSA) is 45.3 Å². The summed E-state index contributed by atoms with van der Waals surface area (Å²) in [6, 6.07) is 13.9. The maximum Gasteiger partial charge on any atom is 0.222 e. The number of piperidine rings is 1. The molecule has 0 atom stereocenters. The predicted molar refractivity (Wildman–Crippen MR) is 113 cm³/mol. The van der Waals surface area contributed by atoms with Gasteiger partial charge in [-0.05, 0) is 66.6 Å². The Kier molecular flexibility index (Phi) is 5.58. The first-order valence-corrected chi connectivity index (χ1v) is 10.2. The summed E-state index contributed by atoms with van der Waals surface area (Å²) in [5.74, 6) is 1.58. The van der Waals surface area contributed by atoms with E-state index in [-0.39, 0.29) is 5.91 Å². The first kappa shape index (κ1) is 18.9. The number of aromatic amines is 1. The minimum atomic E-state index is 0.235. The van der Waals surface area contributed by atoms with Gasteiger partial charge >= 0.3 is 0 Å². The number of H-pyrrole nitrogens is 1. The van der Waals surface area contributed by atoms with Crippen LogP contribution in [0.15, 0.2) is 48.7 Å². The molecule has 4 nitrogen and oxygen atoms in total. The van der Waals surface area contributed by atoms with Gasteiger partial charge in [0, 0.05) is 41.6 Å². The van der Waals surface area contributed by atoms with Crippen LogP contribution in [0.4, 0.5) is 0 Å². The van der Waals surface area contributed by atoms with Gasteiger partial charge in [0.15, 0.2) is 0 Å². The molecule has 28 heavy (non-hydrogen) atoms. The van der Waals surface area contributed by atoms with Crippen LogP contribution in [0.1, 0.15) is 36.3 Å². The molecule has 5 heteroatoms. The van der Waals surface area contributed by atoms with E-state index in [1.54, 1.807) is 7.11 Å². The second kappa shape index (κ2) is 8.27. The average molecular weight is 397 g/mol. The van der Waals surface area contributed by atoms with Gasteiger partial charge in [0.05, 0.1) is 7.11 Å². The van der Waals surface area contributed by atoms with Gasteiger partial charge in [-0.3, -0.25) is 4.79 Å². The third kappa shape index (κ3) is 4.02. The number of fused-ring (bicyclic) bond motifs is 1. The van der Waals surface area contributed by atoms with Gasteiger partial charge in [0.2, 0.25) is 5.91 Å². The molecule has 2 aromatic carbocycles. The molecule has 1 fully saturated rings. The van der Waals surface area contributed by atoms with Gasteiger partial charge in [-0.15, -0.1) is 0 Å². The number of nitrogens with zero attached hydrogens (tertiary/aromatic N) is 1. The van der Waals surface area contributed by atoms with E-state index in [0.29, 0.717) is 12.3 Å². The zero-order chi connectivity index (χ0) is 19.5. The number of methoxy groups -OCH3 is 1. The van der Waals surface area contributed by atoms with Crippen molar-refractivity contribution < 1.29 is 9.53 Å². The molecule has 0 bridgehead atoms. The maximum atomic E-state index is 12.6. The van der Waals surface area contributed by atoms with Crippen molar-refractivity contribution in [2.75, 3.05) is 20.2 Å². The van der Waals surface area contributed by atoms with Gasteiger partial charge in [0.1, 0.15) is 5.75 Å². The highest BCUT2D eigenvalue weighted by atomic mass is 35.5. The van der Waals surface area contributed by atoms with E-state index in [1.165, 1.54) is 10.9 Å². The summed E-state index contributed by atoms with van der Waals surface area (Å²) in [4.78, 5) is 18.0. The molecule has 1 amide bonds. The number of hydrogen-bond donors (Lipinski definition) is 1. The lowest BCUT2D eigenvalue weighted by molar-refractivity contribution is -0.132. The van der Waals surface area contributed by atoms with Crippen LogP contribution in [0.3, 0.4) is 0 Å². The second-order valence-electron chi connectivity index (χ2n) is 7.44. The smallest absolute Gasteiger partial charge is 0.222 e. The highest BCUT2D eigenvalue weighted by Crippen LogP contribution is 2.34. The molecule has 0 unspecified atom stereocenters. The van der Waals surface area contributed by atoms with Crippen LogP contribution in [0, 0.1) is 0 Å². The number of halogens is 1. The van der Waals surface area contributed by atoms with Crippen LogP contribution in [-0.2, 0) is 11.2 Å². The van der Waals surface area contributed by atoms with E-state index in [0.717, 1.165) is 54.2 Å². The van der Waals surface area contributed by atoms with Gasteiger partial charge in [-0.1, -0.05) is 23.7 Å². The van der Waals surface area contributed by atoms with Crippen LogP contribution >= 0.6 is 11.6 Å². The SMILES string of the molecule is COc1ccc2[nH]cc(C3CCN(C(=O)CCc4cccc(Cl)c4)CC3)c2c1. The number of rotatable bonds is 5. The van der Waals surface area contributed by atoms with Crippen molar-refractivity contribution in [3.8, 4) is 5.75 Å². The van der Waals surface area contributed by atoms with E-state index in [9.17, 15) is 4.79 Å². The lowest BCUT2D eigenvalue weighted by Gasteiger charge is -2.32. The zero-order valence-electron chi connectivity index (χ0n) is 16.1. The number of benzene rings is 2. The molecular weight excluding hydrogens is 372 g/mol. The van der Waals surface area contributed by atoms with Crippen molar-refractivity contribution in [1.82, 2.24) is 9.88 Å². The first-order valence-electron chi connectivity index (χ1n) is 9.81. The lowest BCUT2D eigenvalue weighted by atomic mass is 9.89. The molecule has 4 rings (SSSR count). The predicted octanol–water partition coefficient (Wildman–Crippen LogP) is 5.17. The molecule has 0 radical (unpaired) electrons. The second-order valence-corrected chi connectivity index (χ2v) is 7.88. The number of hydrogen-bond acceptors (Lipinski definition) is 2. The van der Waals surface area contributed by atoms with Crippen LogP contribution in [-0.4, -0.2) is 36.0 Å². The summed E-state index contributed by atoms with van der Waals surface area (Å²) in [6.07, 6.45) is 5.38. The summed E-state index contributed by atoms with van der Waals surface area (Å²) in [6.45, 7) is 1.63. The number of nitrogens with one attached hydrogen (secondary N) is 1. The van der Waals surface area contributed by atoms with Crippen molar-refractivity contribution in [1.29, 1.82) is 0 Å². The fourth-order valence-electron chi connectivity index (χ4n) is 4.13. The fraction of sp³-hybridized carbons (Fsp3) is 0.348. The number of amides is 1. The third-order valence-electron chi connectivity index (χ3n) is 5.72. The number of aromatic nitrogens is 1. The molecular formula is C23H25ClN2O2. The number of carbonyl (C=O) groups excluding carboxylic acids is 1. The molecule has 0 saturated carbocycles. The molecule has 1 N–H and O–H groups in total. The Bertz CT molecular complexity index is 974. The number of ether oxygens (including phenoxy) is 1. The van der Waals surface area contributed by atoms with Crippen molar-refractivity contribution in [3.05, 3.63) is 64.8 Å². The van der Waals surface area contributed by atoms with Gasteiger partial charge in [-0.2, -0.15) is 0 Å². The Morgan fingerprint density at radius 2 is 2.04 bits per heavy atom. The fourth-order valence-corrected chi connectivity index (χ4v) is 4.34. The molecule has 1 aromatic heterocycles. The summed E-state index contributed by atoms with van der Waals surface area (Å²) < 4.78 is 5.38. The Labute approximate surface area is 170 Å². The van der Waals surface area contributed by atoms with E-state index in [4.69, 9.17) is 16.3 Å². The Hall–Kier alpha value is -2.46. The van der Waals surface area contributed by atoms with Crippen LogP contribution in [0.2, 0.25) is 5.02 Å². The van der Waals surface area contributed by atoms with Gasteiger partial charge in [0.25, 0.3) is 0 Å². The molecule has 1 saturated heterocycles.